The zero-order valence-electron chi connectivity index (χ0n) is 10.6. The maximum absolute atomic E-state index is 5.82. The number of aliphatic imine (C=N–C) groups is 1. The first-order chi connectivity index (χ1) is 6.01. The van der Waals surface area contributed by atoms with Gasteiger partial charge in [-0.05, 0) is 38.7 Å². The van der Waals surface area contributed by atoms with Gasteiger partial charge in [0.15, 0.2) is 0 Å². The van der Waals surface area contributed by atoms with Crippen molar-refractivity contribution in [3.63, 3.8) is 0 Å². The first-order valence-corrected chi connectivity index (χ1v) is 5.06. The van der Waals surface area contributed by atoms with Crippen molar-refractivity contribution >= 4 is 13.6 Å². The first kappa shape index (κ1) is 13.5. The summed E-state index contributed by atoms with van der Waals surface area (Å²) in [6.07, 6.45) is 2.22. The summed E-state index contributed by atoms with van der Waals surface area (Å²) in [5.41, 5.74) is 1.94. The molecule has 0 amide bonds. The molecule has 2 heteroatoms. The lowest BCUT2D eigenvalue weighted by molar-refractivity contribution is 0.541. The summed E-state index contributed by atoms with van der Waals surface area (Å²) in [4.78, 5) is 4.42. The van der Waals surface area contributed by atoms with Crippen molar-refractivity contribution in [1.29, 1.82) is 0 Å². The highest BCUT2D eigenvalue weighted by molar-refractivity contribution is 6.16. The summed E-state index contributed by atoms with van der Waals surface area (Å²) in [6.45, 7) is 14.4. The van der Waals surface area contributed by atoms with Gasteiger partial charge in [-0.15, -0.1) is 0 Å². The maximum atomic E-state index is 5.82. The van der Waals surface area contributed by atoms with Crippen LogP contribution in [0.4, 0.5) is 0 Å². The molecule has 0 aliphatic heterocycles. The fourth-order valence-electron chi connectivity index (χ4n) is 1.27. The Morgan fingerprint density at radius 2 is 1.50 bits per heavy atom. The zero-order chi connectivity index (χ0) is 11.6. The number of hydrogen-bond acceptors (Lipinski definition) is 1. The molecule has 0 aliphatic carbocycles. The van der Waals surface area contributed by atoms with Crippen molar-refractivity contribution < 1.29 is 0 Å². The molecule has 0 fully saturated rings. The van der Waals surface area contributed by atoms with Crippen LogP contribution in [0.15, 0.2) is 16.6 Å². The summed E-state index contributed by atoms with van der Waals surface area (Å²) in [7, 11) is 5.82. The molecule has 78 valence electrons. The van der Waals surface area contributed by atoms with Crippen LogP contribution in [0.25, 0.3) is 0 Å². The lowest BCUT2D eigenvalue weighted by Gasteiger charge is -2.18. The van der Waals surface area contributed by atoms with Crippen LogP contribution in [0.1, 0.15) is 48.5 Å². The van der Waals surface area contributed by atoms with Crippen LogP contribution in [0, 0.1) is 5.41 Å². The summed E-state index contributed by atoms with van der Waals surface area (Å²) in [5.74, 6) is 0. The van der Waals surface area contributed by atoms with Crippen molar-refractivity contribution in [2.75, 3.05) is 0 Å². The van der Waals surface area contributed by atoms with E-state index in [2.05, 4.69) is 38.8 Å². The van der Waals surface area contributed by atoms with E-state index in [4.69, 9.17) is 7.85 Å². The number of allylic oxidation sites excluding steroid dienone is 2. The molecule has 0 N–H and O–H groups in total. The average molecular weight is 191 g/mol. The van der Waals surface area contributed by atoms with Crippen LogP contribution in [-0.4, -0.2) is 19.0 Å². The Hall–Kier alpha value is -0.525. The van der Waals surface area contributed by atoms with Crippen LogP contribution in [0.3, 0.4) is 0 Å². The van der Waals surface area contributed by atoms with E-state index in [-0.39, 0.29) is 5.41 Å². The zero-order valence-corrected chi connectivity index (χ0v) is 10.6. The highest BCUT2D eigenvalue weighted by atomic mass is 14.8. The van der Waals surface area contributed by atoms with Gasteiger partial charge >= 0.3 is 0 Å². The Bertz CT molecular complexity index is 220. The minimum atomic E-state index is -0.475. The third-order valence-electron chi connectivity index (χ3n) is 1.68. The van der Waals surface area contributed by atoms with E-state index >= 15 is 0 Å². The van der Waals surface area contributed by atoms with Crippen LogP contribution in [0.2, 0.25) is 0 Å². The maximum Gasteiger partial charge on any atom is 0.106 e. The van der Waals surface area contributed by atoms with Gasteiger partial charge in [0.2, 0.25) is 0 Å². The van der Waals surface area contributed by atoms with E-state index in [1.165, 1.54) is 5.57 Å². The molecule has 0 atom stereocenters. The topological polar surface area (TPSA) is 12.4 Å². The Morgan fingerprint density at radius 3 is 1.79 bits per heavy atom. The molecule has 0 saturated heterocycles. The van der Waals surface area contributed by atoms with Gasteiger partial charge < -0.3 is 0 Å². The Morgan fingerprint density at radius 1 is 1.07 bits per heavy atom. The lowest BCUT2D eigenvalue weighted by atomic mass is 9.82. The van der Waals surface area contributed by atoms with Crippen molar-refractivity contribution in [2.45, 2.75) is 53.9 Å². The van der Waals surface area contributed by atoms with Crippen molar-refractivity contribution in [3.05, 3.63) is 11.6 Å². The molecular formula is C12H22BN. The smallest absolute Gasteiger partial charge is 0.106 e. The number of hydrogen-bond donors (Lipinski definition) is 0. The van der Waals surface area contributed by atoms with Crippen molar-refractivity contribution in [1.82, 2.24) is 0 Å². The standard InChI is InChI=1S/C12H22BN/c1-9(8-11(3,4)5)10(2)14-12(6,7)13/h8H,1-7H3/b9-8-,14-10?. The summed E-state index contributed by atoms with van der Waals surface area (Å²) in [5, 5.41) is 0. The van der Waals surface area contributed by atoms with E-state index in [9.17, 15) is 0 Å². The minimum Gasteiger partial charge on any atom is -0.294 e. The highest BCUT2D eigenvalue weighted by Crippen LogP contribution is 2.18. The summed E-state index contributed by atoms with van der Waals surface area (Å²) >= 11 is 0. The fraction of sp³-hybridized carbons (Fsp3) is 0.750. The quantitative estimate of drug-likeness (QED) is 0.468. The Kier molecular flexibility index (Phi) is 4.17. The van der Waals surface area contributed by atoms with Crippen LogP contribution < -0.4 is 0 Å². The average Bonchev–Trinajstić information content (AvgIpc) is 1.78. The van der Waals surface area contributed by atoms with Crippen LogP contribution in [0.5, 0.6) is 0 Å². The van der Waals surface area contributed by atoms with E-state index in [1.54, 1.807) is 0 Å². The van der Waals surface area contributed by atoms with Gasteiger partial charge in [-0.1, -0.05) is 26.8 Å². The van der Waals surface area contributed by atoms with Crippen molar-refractivity contribution in [2.24, 2.45) is 10.4 Å². The molecule has 0 saturated carbocycles. The van der Waals surface area contributed by atoms with E-state index in [1.807, 2.05) is 20.8 Å². The molecule has 1 nitrogen and oxygen atoms in total. The Balaban J connectivity index is 4.81. The normalized spacial score (nSPS) is 15.9. The summed E-state index contributed by atoms with van der Waals surface area (Å²) < 4.78 is 0. The van der Waals surface area contributed by atoms with Gasteiger partial charge in [-0.25, -0.2) is 0 Å². The van der Waals surface area contributed by atoms with Gasteiger partial charge in [-0.3, -0.25) is 4.99 Å². The fourth-order valence-corrected chi connectivity index (χ4v) is 1.27. The molecule has 0 bridgehead atoms. The molecule has 0 rings (SSSR count). The predicted octanol–water partition coefficient (Wildman–Crippen LogP) is 3.34. The number of nitrogens with zero attached hydrogens (tertiary/aromatic N) is 1. The van der Waals surface area contributed by atoms with Crippen molar-refractivity contribution in [3.8, 4) is 0 Å². The van der Waals surface area contributed by atoms with Gasteiger partial charge in [-0.2, -0.15) is 0 Å². The van der Waals surface area contributed by atoms with E-state index in [0.29, 0.717) is 0 Å². The number of rotatable bonds is 2. The van der Waals surface area contributed by atoms with E-state index in [0.717, 1.165) is 5.71 Å². The second-order valence-corrected chi connectivity index (χ2v) is 5.54. The molecule has 0 aromatic carbocycles. The third-order valence-corrected chi connectivity index (χ3v) is 1.68. The van der Waals surface area contributed by atoms with E-state index < -0.39 is 5.44 Å². The molecule has 0 unspecified atom stereocenters. The van der Waals surface area contributed by atoms with Crippen LogP contribution >= 0.6 is 0 Å². The molecule has 14 heavy (non-hydrogen) atoms. The Labute approximate surface area is 90.1 Å². The SMILES string of the molecule is [B]C(C)(C)N=C(C)/C(C)=C\C(C)(C)C. The van der Waals surface area contributed by atoms with Gasteiger partial charge in [0.25, 0.3) is 0 Å². The minimum absolute atomic E-state index is 0.194. The second kappa shape index (κ2) is 4.33. The van der Waals surface area contributed by atoms with Crippen LogP contribution in [-0.2, 0) is 0 Å². The molecule has 2 radical (unpaired) electrons. The molecular weight excluding hydrogens is 169 g/mol. The largest absolute Gasteiger partial charge is 0.294 e. The highest BCUT2D eigenvalue weighted by Gasteiger charge is 2.10. The van der Waals surface area contributed by atoms with Gasteiger partial charge in [0.1, 0.15) is 7.85 Å². The molecule has 0 heterocycles. The second-order valence-electron chi connectivity index (χ2n) is 5.54. The monoisotopic (exact) mass is 191 g/mol. The first-order valence-electron chi connectivity index (χ1n) is 5.06. The predicted molar refractivity (Wildman–Crippen MR) is 66.2 cm³/mol. The summed E-state index contributed by atoms with van der Waals surface area (Å²) in [6, 6.07) is 0. The van der Waals surface area contributed by atoms with Gasteiger partial charge in [0, 0.05) is 11.1 Å². The third kappa shape index (κ3) is 6.93. The molecule has 0 aromatic rings. The van der Waals surface area contributed by atoms with Gasteiger partial charge in [0.05, 0.1) is 0 Å². The lowest BCUT2D eigenvalue weighted by Crippen LogP contribution is -2.19. The molecule has 0 aliphatic rings. The molecule has 0 aromatic heterocycles. The molecule has 0 spiro atoms.